The van der Waals surface area contributed by atoms with Crippen molar-refractivity contribution in [3.63, 3.8) is 0 Å². The van der Waals surface area contributed by atoms with Gasteiger partial charge >= 0.3 is 0 Å². The highest BCUT2D eigenvalue weighted by Crippen LogP contribution is 2.28. The molecule has 1 atom stereocenters. The van der Waals surface area contributed by atoms with Gasteiger partial charge in [0.2, 0.25) is 5.91 Å². The van der Waals surface area contributed by atoms with Crippen molar-refractivity contribution in [2.75, 3.05) is 14.2 Å². The molecule has 0 aliphatic heterocycles. The fourth-order valence-corrected chi connectivity index (χ4v) is 3.45. The van der Waals surface area contributed by atoms with Crippen LogP contribution in [0.25, 0.3) is 5.69 Å². The summed E-state index contributed by atoms with van der Waals surface area (Å²) < 4.78 is 12.4. The third-order valence-corrected chi connectivity index (χ3v) is 5.20. The minimum atomic E-state index is -0.337. The molecule has 7 nitrogen and oxygen atoms in total. The summed E-state index contributed by atoms with van der Waals surface area (Å²) in [6.07, 6.45) is 1.61. The summed E-state index contributed by atoms with van der Waals surface area (Å²) in [6, 6.07) is 15.2. The van der Waals surface area contributed by atoms with E-state index in [9.17, 15) is 4.79 Å². The van der Waals surface area contributed by atoms with Gasteiger partial charge in [-0.25, -0.2) is 0 Å². The van der Waals surface area contributed by atoms with E-state index in [-0.39, 0.29) is 11.2 Å². The molecule has 0 unspecified atom stereocenters. The molecule has 0 bridgehead atoms. The maximum Gasteiger partial charge on any atom is 0.233 e. The van der Waals surface area contributed by atoms with Crippen LogP contribution < -0.4 is 14.8 Å². The maximum atomic E-state index is 12.5. The van der Waals surface area contributed by atoms with Crippen LogP contribution in [0.4, 0.5) is 0 Å². The maximum absolute atomic E-state index is 12.5. The van der Waals surface area contributed by atoms with Crippen LogP contribution in [0, 0.1) is 0 Å². The van der Waals surface area contributed by atoms with Gasteiger partial charge in [0.15, 0.2) is 5.16 Å². The molecule has 0 spiro atoms. The van der Waals surface area contributed by atoms with Gasteiger partial charge in [-0.1, -0.05) is 36.0 Å². The number of carbonyl (C=O) groups excluding carboxylic acids is 1. The number of amides is 1. The topological polar surface area (TPSA) is 78.3 Å². The highest BCUT2D eigenvalue weighted by molar-refractivity contribution is 8.00. The quantitative estimate of drug-likeness (QED) is 0.588. The number of nitrogens with zero attached hydrogens (tertiary/aromatic N) is 3. The molecular weight excluding hydrogens is 376 g/mol. The van der Waals surface area contributed by atoms with Crippen molar-refractivity contribution in [3.8, 4) is 17.2 Å². The van der Waals surface area contributed by atoms with Gasteiger partial charge in [-0.3, -0.25) is 9.36 Å². The van der Waals surface area contributed by atoms with Crippen LogP contribution in [0.2, 0.25) is 0 Å². The summed E-state index contributed by atoms with van der Waals surface area (Å²) in [5.74, 6) is 1.42. The summed E-state index contributed by atoms with van der Waals surface area (Å²) in [7, 11) is 3.24. The number of para-hydroxylation sites is 2. The van der Waals surface area contributed by atoms with Gasteiger partial charge in [-0.2, -0.15) is 0 Å². The van der Waals surface area contributed by atoms with E-state index in [2.05, 4.69) is 15.5 Å². The number of benzene rings is 2. The van der Waals surface area contributed by atoms with Gasteiger partial charge in [-0.05, 0) is 36.8 Å². The molecule has 0 aliphatic rings. The molecule has 2 aromatic carbocycles. The van der Waals surface area contributed by atoms with Gasteiger partial charge in [0, 0.05) is 6.54 Å². The summed E-state index contributed by atoms with van der Waals surface area (Å²) in [4.78, 5) is 12.5. The molecule has 1 heterocycles. The number of rotatable bonds is 8. The van der Waals surface area contributed by atoms with Crippen molar-refractivity contribution in [1.29, 1.82) is 0 Å². The van der Waals surface area contributed by atoms with E-state index in [1.807, 2.05) is 60.0 Å². The molecule has 3 rings (SSSR count). The number of methoxy groups -OCH3 is 2. The lowest BCUT2D eigenvalue weighted by molar-refractivity contribution is -0.120. The monoisotopic (exact) mass is 398 g/mol. The van der Waals surface area contributed by atoms with Gasteiger partial charge in [0.25, 0.3) is 0 Å². The molecule has 146 valence electrons. The molecule has 0 saturated carbocycles. The first-order chi connectivity index (χ1) is 13.6. The normalized spacial score (nSPS) is 11.7. The van der Waals surface area contributed by atoms with Crippen molar-refractivity contribution >= 4 is 17.7 Å². The zero-order valence-corrected chi connectivity index (χ0v) is 16.8. The van der Waals surface area contributed by atoms with Gasteiger partial charge < -0.3 is 14.8 Å². The lowest BCUT2D eigenvalue weighted by Crippen LogP contribution is -2.30. The van der Waals surface area contributed by atoms with E-state index in [0.717, 1.165) is 17.0 Å². The molecule has 1 aromatic heterocycles. The first kappa shape index (κ1) is 19.8. The summed E-state index contributed by atoms with van der Waals surface area (Å²) in [5, 5.41) is 11.4. The highest BCUT2D eigenvalue weighted by atomic mass is 32.2. The number of carbonyl (C=O) groups is 1. The summed E-state index contributed by atoms with van der Waals surface area (Å²) in [5.41, 5.74) is 1.83. The standard InChI is InChI=1S/C20H22N4O3S/c1-14(19(25)21-12-15-8-10-16(26-2)11-9-15)28-20-23-22-13-24(20)17-6-4-5-7-18(17)27-3/h4-11,13-14H,12H2,1-3H3,(H,21,25)/t14-/m1/s1. The smallest absolute Gasteiger partial charge is 0.233 e. The van der Waals surface area contributed by atoms with Crippen LogP contribution in [-0.2, 0) is 11.3 Å². The zero-order chi connectivity index (χ0) is 19.9. The van der Waals surface area contributed by atoms with Gasteiger partial charge in [0.05, 0.1) is 25.2 Å². The molecule has 28 heavy (non-hydrogen) atoms. The number of hydrogen-bond donors (Lipinski definition) is 1. The molecule has 0 saturated heterocycles. The Morgan fingerprint density at radius 3 is 2.61 bits per heavy atom. The van der Waals surface area contributed by atoms with Crippen molar-refractivity contribution < 1.29 is 14.3 Å². The second-order valence-corrected chi connectivity index (χ2v) is 7.29. The Morgan fingerprint density at radius 2 is 1.89 bits per heavy atom. The largest absolute Gasteiger partial charge is 0.497 e. The van der Waals surface area contributed by atoms with Crippen molar-refractivity contribution in [2.24, 2.45) is 0 Å². The predicted octanol–water partition coefficient (Wildman–Crippen LogP) is 3.08. The van der Waals surface area contributed by atoms with E-state index in [1.165, 1.54) is 11.8 Å². The first-order valence-electron chi connectivity index (χ1n) is 8.73. The first-order valence-corrected chi connectivity index (χ1v) is 9.61. The molecule has 3 aromatic rings. The Labute approximate surface area is 168 Å². The minimum Gasteiger partial charge on any atom is -0.497 e. The van der Waals surface area contributed by atoms with Crippen LogP contribution in [0.15, 0.2) is 60.0 Å². The van der Waals surface area contributed by atoms with Crippen LogP contribution in [-0.4, -0.2) is 40.1 Å². The van der Waals surface area contributed by atoms with E-state index in [1.54, 1.807) is 20.5 Å². The Kier molecular flexibility index (Phi) is 6.54. The van der Waals surface area contributed by atoms with Crippen LogP contribution in [0.1, 0.15) is 12.5 Å². The molecule has 0 fully saturated rings. The van der Waals surface area contributed by atoms with Crippen LogP contribution in [0.3, 0.4) is 0 Å². The molecule has 0 aliphatic carbocycles. The second-order valence-electron chi connectivity index (χ2n) is 5.98. The number of ether oxygens (including phenoxy) is 2. The van der Waals surface area contributed by atoms with Crippen molar-refractivity contribution in [2.45, 2.75) is 23.9 Å². The van der Waals surface area contributed by atoms with Crippen LogP contribution in [0.5, 0.6) is 11.5 Å². The van der Waals surface area contributed by atoms with E-state index >= 15 is 0 Å². The van der Waals surface area contributed by atoms with E-state index in [4.69, 9.17) is 9.47 Å². The number of hydrogen-bond acceptors (Lipinski definition) is 6. The average molecular weight is 398 g/mol. The molecule has 0 radical (unpaired) electrons. The Bertz CT molecular complexity index is 927. The van der Waals surface area contributed by atoms with Crippen molar-refractivity contribution in [1.82, 2.24) is 20.1 Å². The number of thioether (sulfide) groups is 1. The SMILES string of the molecule is COc1ccc(CNC(=O)[C@@H](C)Sc2nncn2-c2ccccc2OC)cc1. The Balaban J connectivity index is 1.64. The highest BCUT2D eigenvalue weighted by Gasteiger charge is 2.19. The molecular formula is C20H22N4O3S. The third-order valence-electron chi connectivity index (χ3n) is 4.14. The lowest BCUT2D eigenvalue weighted by Gasteiger charge is -2.14. The average Bonchev–Trinajstić information content (AvgIpc) is 3.20. The minimum absolute atomic E-state index is 0.0737. The number of aromatic nitrogens is 3. The third kappa shape index (κ3) is 4.64. The fourth-order valence-electron chi connectivity index (χ4n) is 2.59. The Hall–Kier alpha value is -3.00. The zero-order valence-electron chi connectivity index (χ0n) is 16.0. The molecule has 1 amide bonds. The predicted molar refractivity (Wildman–Crippen MR) is 108 cm³/mol. The Morgan fingerprint density at radius 1 is 1.14 bits per heavy atom. The van der Waals surface area contributed by atoms with E-state index < -0.39 is 0 Å². The molecule has 8 heteroatoms. The van der Waals surface area contributed by atoms with Crippen molar-refractivity contribution in [3.05, 3.63) is 60.4 Å². The number of nitrogens with one attached hydrogen (secondary N) is 1. The second kappa shape index (κ2) is 9.27. The fraction of sp³-hybridized carbons (Fsp3) is 0.250. The summed E-state index contributed by atoms with van der Waals surface area (Å²) >= 11 is 1.34. The van der Waals surface area contributed by atoms with Gasteiger partial charge in [-0.15, -0.1) is 10.2 Å². The van der Waals surface area contributed by atoms with E-state index in [0.29, 0.717) is 17.5 Å². The lowest BCUT2D eigenvalue weighted by atomic mass is 10.2. The molecule has 1 N–H and O–H groups in total. The van der Waals surface area contributed by atoms with Gasteiger partial charge in [0.1, 0.15) is 17.8 Å². The van der Waals surface area contributed by atoms with Crippen LogP contribution >= 0.6 is 11.8 Å². The summed E-state index contributed by atoms with van der Waals surface area (Å²) in [6.45, 7) is 2.29.